The SMILES string of the molecule is NC(=O)C1CCC(CN2CC(c3ccc(-n4c(-c5cccnc5N)nc5ccc(-c6ccccc6)nc54)cc3)C2)CC1. The van der Waals surface area contributed by atoms with Gasteiger partial charge in [-0.2, -0.15) is 0 Å². The van der Waals surface area contributed by atoms with Crippen molar-refractivity contribution in [1.29, 1.82) is 0 Å². The Bertz CT molecular complexity index is 1720. The number of primary amides is 1. The molecule has 4 heterocycles. The summed E-state index contributed by atoms with van der Waals surface area (Å²) in [5.74, 6) is 2.30. The van der Waals surface area contributed by atoms with E-state index in [1.54, 1.807) is 6.20 Å². The molecule has 0 atom stereocenters. The van der Waals surface area contributed by atoms with Crippen LogP contribution in [0.15, 0.2) is 85.1 Å². The van der Waals surface area contributed by atoms with Crippen LogP contribution >= 0.6 is 0 Å². The normalized spacial score (nSPS) is 19.5. The Hall–Kier alpha value is -4.56. The third kappa shape index (κ3) is 5.03. The molecule has 2 aliphatic rings. The van der Waals surface area contributed by atoms with Gasteiger partial charge in [0.15, 0.2) is 11.5 Å². The molecule has 1 saturated carbocycles. The summed E-state index contributed by atoms with van der Waals surface area (Å²) in [7, 11) is 0. The Morgan fingerprint density at radius 2 is 1.62 bits per heavy atom. The highest BCUT2D eigenvalue weighted by Gasteiger charge is 2.32. The van der Waals surface area contributed by atoms with Gasteiger partial charge in [0, 0.05) is 48.9 Å². The third-order valence-electron chi connectivity index (χ3n) is 9.00. The molecule has 42 heavy (non-hydrogen) atoms. The largest absolute Gasteiger partial charge is 0.383 e. The lowest BCUT2D eigenvalue weighted by Crippen LogP contribution is -2.47. The van der Waals surface area contributed by atoms with Gasteiger partial charge in [-0.05, 0) is 73.6 Å². The number of nitrogen functional groups attached to an aromatic ring is 1. The van der Waals surface area contributed by atoms with Gasteiger partial charge < -0.3 is 16.4 Å². The van der Waals surface area contributed by atoms with E-state index in [-0.39, 0.29) is 11.8 Å². The van der Waals surface area contributed by atoms with Crippen LogP contribution in [0, 0.1) is 11.8 Å². The first-order chi connectivity index (χ1) is 20.5. The van der Waals surface area contributed by atoms with E-state index in [4.69, 9.17) is 21.4 Å². The van der Waals surface area contributed by atoms with Gasteiger partial charge in [0.2, 0.25) is 5.91 Å². The zero-order chi connectivity index (χ0) is 28.6. The molecule has 2 fully saturated rings. The number of nitrogens with zero attached hydrogens (tertiary/aromatic N) is 5. The summed E-state index contributed by atoms with van der Waals surface area (Å²) in [6, 6.07) is 26.9. The number of rotatable bonds is 7. The van der Waals surface area contributed by atoms with E-state index in [9.17, 15) is 4.79 Å². The number of pyridine rings is 2. The summed E-state index contributed by atoms with van der Waals surface area (Å²) >= 11 is 0. The number of carbonyl (C=O) groups is 1. The lowest BCUT2D eigenvalue weighted by atomic mass is 9.80. The van der Waals surface area contributed by atoms with Crippen LogP contribution in [0.5, 0.6) is 0 Å². The van der Waals surface area contributed by atoms with Gasteiger partial charge in [-0.1, -0.05) is 42.5 Å². The number of imidazole rings is 1. The second-order valence-electron chi connectivity index (χ2n) is 11.7. The maximum Gasteiger partial charge on any atom is 0.220 e. The van der Waals surface area contributed by atoms with Crippen LogP contribution < -0.4 is 11.5 Å². The van der Waals surface area contributed by atoms with Gasteiger partial charge in [-0.3, -0.25) is 9.36 Å². The Labute approximate surface area is 245 Å². The number of benzene rings is 2. The van der Waals surface area contributed by atoms with Crippen molar-refractivity contribution in [3.8, 4) is 28.3 Å². The standard InChI is InChI=1S/C34H35N7O/c35-31-28(7-4-18-37-31)33-39-30-17-16-29(24-5-2-1-3-6-24)38-34(30)41(33)27-14-12-23(13-15-27)26-20-40(21-26)19-22-8-10-25(11-9-22)32(36)42/h1-7,12-18,22,25-26H,8-11,19-21H2,(H2,35,37)(H2,36,42). The molecule has 3 aromatic heterocycles. The van der Waals surface area contributed by atoms with E-state index in [0.29, 0.717) is 17.7 Å². The topological polar surface area (TPSA) is 116 Å². The first-order valence-corrected chi connectivity index (χ1v) is 14.8. The molecule has 2 aromatic carbocycles. The van der Waals surface area contributed by atoms with Gasteiger partial charge in [0.05, 0.1) is 11.3 Å². The quantitative estimate of drug-likeness (QED) is 0.276. The average molecular weight is 558 g/mol. The minimum Gasteiger partial charge on any atom is -0.383 e. The summed E-state index contributed by atoms with van der Waals surface area (Å²) in [4.78, 5) is 28.4. The van der Waals surface area contributed by atoms with E-state index in [2.05, 4.69) is 50.8 Å². The fourth-order valence-corrected chi connectivity index (χ4v) is 6.58. The minimum atomic E-state index is -0.131. The van der Waals surface area contributed by atoms with Crippen LogP contribution in [0.1, 0.15) is 37.2 Å². The number of carbonyl (C=O) groups excluding carboxylic acids is 1. The monoisotopic (exact) mass is 557 g/mol. The van der Waals surface area contributed by atoms with Crippen LogP contribution in [0.25, 0.3) is 39.5 Å². The van der Waals surface area contributed by atoms with Gasteiger partial charge in [-0.15, -0.1) is 0 Å². The maximum absolute atomic E-state index is 11.5. The molecule has 8 nitrogen and oxygen atoms in total. The number of likely N-dealkylation sites (tertiary alicyclic amines) is 1. The molecule has 5 aromatic rings. The van der Waals surface area contributed by atoms with Crippen molar-refractivity contribution in [2.75, 3.05) is 25.4 Å². The summed E-state index contributed by atoms with van der Waals surface area (Å²) in [5, 5.41) is 0. The van der Waals surface area contributed by atoms with Crippen molar-refractivity contribution in [2.45, 2.75) is 31.6 Å². The Kier molecular flexibility index (Phi) is 6.91. The minimum absolute atomic E-state index is 0.0757. The molecule has 1 saturated heterocycles. The smallest absolute Gasteiger partial charge is 0.220 e. The lowest BCUT2D eigenvalue weighted by molar-refractivity contribution is -0.123. The highest BCUT2D eigenvalue weighted by atomic mass is 16.1. The molecule has 0 spiro atoms. The van der Waals surface area contributed by atoms with Crippen molar-refractivity contribution < 1.29 is 4.79 Å². The predicted octanol–water partition coefficient (Wildman–Crippen LogP) is 5.42. The summed E-state index contributed by atoms with van der Waals surface area (Å²) in [6.45, 7) is 3.26. The first kappa shape index (κ1) is 26.3. The molecule has 0 radical (unpaired) electrons. The Balaban J connectivity index is 1.14. The van der Waals surface area contributed by atoms with E-state index < -0.39 is 0 Å². The summed E-state index contributed by atoms with van der Waals surface area (Å²) in [6.07, 6.45) is 5.78. The van der Waals surface area contributed by atoms with Crippen LogP contribution in [-0.2, 0) is 4.79 Å². The van der Waals surface area contributed by atoms with Gasteiger partial charge in [0.1, 0.15) is 11.3 Å². The summed E-state index contributed by atoms with van der Waals surface area (Å²) in [5.41, 5.74) is 18.5. The lowest BCUT2D eigenvalue weighted by Gasteiger charge is -2.42. The van der Waals surface area contributed by atoms with Crippen LogP contribution in [0.2, 0.25) is 0 Å². The van der Waals surface area contributed by atoms with Crippen molar-refractivity contribution >= 4 is 22.9 Å². The third-order valence-corrected chi connectivity index (χ3v) is 9.00. The number of aromatic nitrogens is 4. The van der Waals surface area contributed by atoms with Gasteiger partial charge in [-0.25, -0.2) is 15.0 Å². The molecule has 1 aliphatic heterocycles. The Morgan fingerprint density at radius 1 is 0.857 bits per heavy atom. The summed E-state index contributed by atoms with van der Waals surface area (Å²) < 4.78 is 2.09. The number of fused-ring (bicyclic) bond motifs is 1. The van der Waals surface area contributed by atoms with Crippen molar-refractivity contribution in [2.24, 2.45) is 17.6 Å². The van der Waals surface area contributed by atoms with Gasteiger partial charge in [0.25, 0.3) is 0 Å². The van der Waals surface area contributed by atoms with Crippen LogP contribution in [-0.4, -0.2) is 50.0 Å². The molecule has 0 unspecified atom stereocenters. The first-order valence-electron chi connectivity index (χ1n) is 14.8. The molecule has 212 valence electrons. The molecular formula is C34H35N7O. The number of hydrogen-bond donors (Lipinski definition) is 2. The molecule has 1 aliphatic carbocycles. The van der Waals surface area contributed by atoms with Crippen molar-refractivity contribution in [1.82, 2.24) is 24.4 Å². The van der Waals surface area contributed by atoms with E-state index in [0.717, 1.165) is 84.8 Å². The number of hydrogen-bond acceptors (Lipinski definition) is 6. The second kappa shape index (κ2) is 11.0. The van der Waals surface area contributed by atoms with Crippen molar-refractivity contribution in [3.63, 3.8) is 0 Å². The molecule has 8 heteroatoms. The highest BCUT2D eigenvalue weighted by Crippen LogP contribution is 2.35. The van der Waals surface area contributed by atoms with Crippen molar-refractivity contribution in [3.05, 3.63) is 90.6 Å². The average Bonchev–Trinajstić information content (AvgIpc) is 3.38. The van der Waals surface area contributed by atoms with E-state index >= 15 is 0 Å². The number of amides is 1. The van der Waals surface area contributed by atoms with E-state index in [1.807, 2.05) is 42.5 Å². The zero-order valence-electron chi connectivity index (χ0n) is 23.6. The zero-order valence-corrected chi connectivity index (χ0v) is 23.6. The Morgan fingerprint density at radius 3 is 2.33 bits per heavy atom. The number of nitrogens with two attached hydrogens (primary N) is 2. The predicted molar refractivity (Wildman–Crippen MR) is 166 cm³/mol. The molecular weight excluding hydrogens is 522 g/mol. The molecule has 7 rings (SSSR count). The van der Waals surface area contributed by atoms with Crippen LogP contribution in [0.4, 0.5) is 5.82 Å². The second-order valence-corrected chi connectivity index (χ2v) is 11.7. The van der Waals surface area contributed by atoms with Gasteiger partial charge >= 0.3 is 0 Å². The number of anilines is 1. The highest BCUT2D eigenvalue weighted by molar-refractivity contribution is 5.84. The fourth-order valence-electron chi connectivity index (χ4n) is 6.58. The fraction of sp³-hybridized carbons (Fsp3) is 0.294. The van der Waals surface area contributed by atoms with E-state index in [1.165, 1.54) is 5.56 Å². The van der Waals surface area contributed by atoms with Crippen LogP contribution in [0.3, 0.4) is 0 Å². The maximum atomic E-state index is 11.5. The molecule has 0 bridgehead atoms. The molecule has 4 N–H and O–H groups in total. The molecule has 1 amide bonds.